The Morgan fingerprint density at radius 3 is 2.60 bits per heavy atom. The molecule has 6 rings (SSSR count). The van der Waals surface area contributed by atoms with Gasteiger partial charge in [-0.25, -0.2) is 4.98 Å². The first-order chi connectivity index (χ1) is 20.7. The number of benzene rings is 1. The van der Waals surface area contributed by atoms with E-state index in [1.54, 1.807) is 11.3 Å². The number of carbonyl (C=O) groups excluding carboxylic acids is 2. The van der Waals surface area contributed by atoms with E-state index in [1.165, 1.54) is 4.90 Å². The quantitative estimate of drug-likeness (QED) is 0.355. The molecule has 0 spiro atoms. The van der Waals surface area contributed by atoms with Gasteiger partial charge in [-0.15, -0.1) is 11.3 Å². The summed E-state index contributed by atoms with van der Waals surface area (Å²) in [7, 11) is 0. The fraction of sp³-hybridized carbons (Fsp3) is 0.562. The van der Waals surface area contributed by atoms with Crippen molar-refractivity contribution in [3.05, 3.63) is 52.9 Å². The number of thiazole rings is 1. The molecule has 0 bridgehead atoms. The Hall–Kier alpha value is -3.28. The highest BCUT2D eigenvalue weighted by Crippen LogP contribution is 2.36. The van der Waals surface area contributed by atoms with Gasteiger partial charge in [0, 0.05) is 32.1 Å². The molecule has 0 radical (unpaired) electrons. The van der Waals surface area contributed by atoms with E-state index in [4.69, 9.17) is 4.52 Å². The molecule has 11 heteroatoms. The smallest absolute Gasteiger partial charge is 0.243 e. The maximum atomic E-state index is 14.0. The minimum absolute atomic E-state index is 0.0836. The molecule has 2 aromatic heterocycles. The van der Waals surface area contributed by atoms with E-state index in [9.17, 15) is 14.7 Å². The van der Waals surface area contributed by atoms with Gasteiger partial charge in [0.15, 0.2) is 11.6 Å². The number of fused-ring (bicyclic) bond motifs is 1. The van der Waals surface area contributed by atoms with E-state index < -0.39 is 18.1 Å². The van der Waals surface area contributed by atoms with Crippen molar-refractivity contribution in [1.29, 1.82) is 0 Å². The summed E-state index contributed by atoms with van der Waals surface area (Å²) in [5, 5.41) is 21.5. The molecule has 3 aromatic rings. The Morgan fingerprint density at radius 1 is 1.14 bits per heavy atom. The summed E-state index contributed by atoms with van der Waals surface area (Å²) >= 11 is 1.60. The molecule has 3 N–H and O–H groups in total. The zero-order valence-corrected chi connectivity index (χ0v) is 26.1. The maximum absolute atomic E-state index is 14.0. The molecule has 0 saturated carbocycles. The second-order valence-electron chi connectivity index (χ2n) is 12.7. The van der Waals surface area contributed by atoms with Crippen molar-refractivity contribution in [2.75, 3.05) is 37.6 Å². The highest BCUT2D eigenvalue weighted by atomic mass is 32.1. The molecule has 230 valence electrons. The molecule has 6 atom stereocenters. The number of carbonyl (C=O) groups is 2. The molecule has 0 aliphatic carbocycles. The Balaban J connectivity index is 1.14. The minimum Gasteiger partial charge on any atom is -0.391 e. The lowest BCUT2D eigenvalue weighted by atomic mass is 9.90. The number of β-amino-alcohol motifs (C(OH)–C–C–N with tert-alkyl or cyclic N) is 1. The van der Waals surface area contributed by atoms with E-state index in [0.717, 1.165) is 60.1 Å². The first-order valence-corrected chi connectivity index (χ1v) is 16.3. The largest absolute Gasteiger partial charge is 0.391 e. The summed E-state index contributed by atoms with van der Waals surface area (Å²) in [5.41, 5.74) is 4.89. The number of aliphatic hydroxyl groups is 1. The van der Waals surface area contributed by atoms with Crippen molar-refractivity contribution in [3.8, 4) is 10.4 Å². The van der Waals surface area contributed by atoms with Crippen LogP contribution >= 0.6 is 11.3 Å². The van der Waals surface area contributed by atoms with Gasteiger partial charge < -0.3 is 30.1 Å². The van der Waals surface area contributed by atoms with Crippen molar-refractivity contribution < 1.29 is 19.2 Å². The van der Waals surface area contributed by atoms with Gasteiger partial charge in [-0.3, -0.25) is 9.59 Å². The van der Waals surface area contributed by atoms with Gasteiger partial charge in [0.25, 0.3) is 0 Å². The van der Waals surface area contributed by atoms with Gasteiger partial charge in [0.2, 0.25) is 11.8 Å². The first kappa shape index (κ1) is 29.8. The Kier molecular flexibility index (Phi) is 8.57. The van der Waals surface area contributed by atoms with E-state index >= 15 is 0 Å². The number of aromatic nitrogens is 2. The van der Waals surface area contributed by atoms with Crippen LogP contribution in [0.2, 0.25) is 0 Å². The fourth-order valence-corrected chi connectivity index (χ4v) is 7.76. The summed E-state index contributed by atoms with van der Waals surface area (Å²) in [4.78, 5) is 36.8. The predicted octanol–water partition coefficient (Wildman–Crippen LogP) is 3.73. The molecule has 5 heterocycles. The molecule has 3 fully saturated rings. The van der Waals surface area contributed by atoms with Crippen LogP contribution in [0.4, 0.5) is 5.82 Å². The highest BCUT2D eigenvalue weighted by Gasteiger charge is 2.44. The summed E-state index contributed by atoms with van der Waals surface area (Å²) in [6, 6.07) is 8.97. The van der Waals surface area contributed by atoms with Crippen LogP contribution in [0.1, 0.15) is 62.6 Å². The number of aliphatic hydroxyl groups excluding tert-OH is 1. The van der Waals surface area contributed by atoms with Crippen molar-refractivity contribution in [2.45, 2.75) is 64.6 Å². The number of hydrogen-bond donors (Lipinski definition) is 3. The molecule has 1 aromatic carbocycles. The first-order valence-electron chi connectivity index (χ1n) is 15.4. The van der Waals surface area contributed by atoms with Gasteiger partial charge in [-0.05, 0) is 62.2 Å². The summed E-state index contributed by atoms with van der Waals surface area (Å²) < 4.78 is 5.80. The summed E-state index contributed by atoms with van der Waals surface area (Å²) in [6.07, 6.45) is 0.595. The number of likely N-dealkylation sites (tertiary alicyclic amines) is 1. The molecule has 43 heavy (non-hydrogen) atoms. The molecule has 10 nitrogen and oxygen atoms in total. The monoisotopic (exact) mass is 606 g/mol. The van der Waals surface area contributed by atoms with Gasteiger partial charge >= 0.3 is 0 Å². The van der Waals surface area contributed by atoms with Gasteiger partial charge in [0.1, 0.15) is 12.0 Å². The molecule has 2 amide bonds. The van der Waals surface area contributed by atoms with Crippen molar-refractivity contribution in [1.82, 2.24) is 25.7 Å². The van der Waals surface area contributed by atoms with E-state index in [1.807, 2.05) is 63.5 Å². The SMILES string of the molecule is Cc1ncsc1-c1ccc([C@H](C)NC(=O)[C@@H]2C[C@@H](O)CN2C(=O)[C@@H](c2cc(N3C[C@H]4CNCC[C@H]4C3)no2)C(C)C)cc1. The number of amides is 2. The Labute approximate surface area is 256 Å². The van der Waals surface area contributed by atoms with Crippen LogP contribution in [-0.2, 0) is 9.59 Å². The maximum Gasteiger partial charge on any atom is 0.243 e. The standard InChI is InChI=1S/C32H42N6O4S/c1-18(2)29(27-12-28(36-42-27)37-14-23-9-10-33-13-24(23)15-37)32(41)38-16-25(39)11-26(38)31(40)35-19(3)21-5-7-22(8-6-21)30-20(4)34-17-43-30/h5-8,12,17-19,23-26,29,33,39H,9-11,13-16H2,1-4H3,(H,35,40)/t19-,23-,24+,25+,26-,29+/m0/s1. The molecular formula is C32H42N6O4S. The van der Waals surface area contributed by atoms with Crippen molar-refractivity contribution in [3.63, 3.8) is 0 Å². The van der Waals surface area contributed by atoms with Crippen LogP contribution in [0.15, 0.2) is 40.4 Å². The predicted molar refractivity (Wildman–Crippen MR) is 166 cm³/mol. The van der Waals surface area contributed by atoms with Gasteiger partial charge in [-0.1, -0.05) is 43.3 Å². The van der Waals surface area contributed by atoms with E-state index in [2.05, 4.69) is 25.7 Å². The number of nitrogens with one attached hydrogen (secondary N) is 2. The number of nitrogens with zero attached hydrogens (tertiary/aromatic N) is 4. The lowest BCUT2D eigenvalue weighted by Gasteiger charge is -2.29. The minimum atomic E-state index is -0.767. The average Bonchev–Trinajstić information content (AvgIpc) is 3.79. The van der Waals surface area contributed by atoms with E-state index in [-0.39, 0.29) is 36.7 Å². The molecule has 3 aliphatic heterocycles. The summed E-state index contributed by atoms with van der Waals surface area (Å²) in [5.74, 6) is 1.35. The van der Waals surface area contributed by atoms with Crippen LogP contribution < -0.4 is 15.5 Å². The molecule has 3 saturated heterocycles. The summed E-state index contributed by atoms with van der Waals surface area (Å²) in [6.45, 7) is 11.9. The third kappa shape index (κ3) is 6.07. The Morgan fingerprint density at radius 2 is 1.91 bits per heavy atom. The topological polar surface area (TPSA) is 124 Å². The normalized spacial score (nSPS) is 25.2. The lowest BCUT2D eigenvalue weighted by molar-refractivity contribution is -0.141. The highest BCUT2D eigenvalue weighted by molar-refractivity contribution is 7.13. The number of anilines is 1. The molecule has 0 unspecified atom stereocenters. The van der Waals surface area contributed by atoms with Crippen LogP contribution in [0.25, 0.3) is 10.4 Å². The second kappa shape index (κ2) is 12.4. The number of rotatable bonds is 8. The third-order valence-electron chi connectivity index (χ3n) is 9.40. The van der Waals surface area contributed by atoms with Crippen molar-refractivity contribution >= 4 is 29.0 Å². The number of hydrogen-bond acceptors (Lipinski definition) is 9. The molecule has 3 aliphatic rings. The zero-order chi connectivity index (χ0) is 30.2. The number of piperidine rings is 1. The van der Waals surface area contributed by atoms with Gasteiger partial charge in [-0.2, -0.15) is 0 Å². The Bertz CT molecular complexity index is 1420. The van der Waals surface area contributed by atoms with E-state index in [0.29, 0.717) is 17.6 Å². The van der Waals surface area contributed by atoms with Crippen LogP contribution in [0.5, 0.6) is 0 Å². The van der Waals surface area contributed by atoms with Crippen molar-refractivity contribution in [2.24, 2.45) is 17.8 Å². The lowest BCUT2D eigenvalue weighted by Crippen LogP contribution is -2.48. The van der Waals surface area contributed by atoms with Crippen LogP contribution in [0.3, 0.4) is 0 Å². The van der Waals surface area contributed by atoms with Crippen LogP contribution in [-0.4, -0.2) is 76.8 Å². The average molecular weight is 607 g/mol. The van der Waals surface area contributed by atoms with Gasteiger partial charge in [0.05, 0.1) is 28.2 Å². The third-order valence-corrected chi connectivity index (χ3v) is 10.4. The number of aryl methyl sites for hydroxylation is 1. The zero-order valence-electron chi connectivity index (χ0n) is 25.3. The second-order valence-corrected chi connectivity index (χ2v) is 13.6. The molecular weight excluding hydrogens is 564 g/mol. The fourth-order valence-electron chi connectivity index (χ4n) is 6.95. The van der Waals surface area contributed by atoms with Crippen LogP contribution in [0, 0.1) is 24.7 Å².